The second kappa shape index (κ2) is 9.75. The lowest BCUT2D eigenvalue weighted by Gasteiger charge is -2.21. The van der Waals surface area contributed by atoms with Gasteiger partial charge >= 0.3 is 0 Å². The van der Waals surface area contributed by atoms with Crippen LogP contribution in [0.3, 0.4) is 0 Å². The molecule has 2 heterocycles. The topological polar surface area (TPSA) is 60.0 Å². The molecule has 0 spiro atoms. The van der Waals surface area contributed by atoms with Gasteiger partial charge in [-0.2, -0.15) is 0 Å². The molecule has 0 aliphatic carbocycles. The highest BCUT2D eigenvalue weighted by molar-refractivity contribution is 5.85. The molecular weight excluding hydrogens is 290 g/mol. The normalized spacial score (nSPS) is 20.8. The number of carbonyl (C=O) groups is 1. The summed E-state index contributed by atoms with van der Waals surface area (Å²) in [7, 11) is 0. The third kappa shape index (κ3) is 6.37. The van der Waals surface area contributed by atoms with Crippen molar-refractivity contribution in [3.05, 3.63) is 0 Å². The predicted octanol–water partition coefficient (Wildman–Crippen LogP) is 0.896. The van der Waals surface area contributed by atoms with Gasteiger partial charge < -0.3 is 20.4 Å². The Morgan fingerprint density at radius 3 is 2.39 bits per heavy atom. The average molecular weight is 323 g/mol. The maximum atomic E-state index is 12.1. The summed E-state index contributed by atoms with van der Waals surface area (Å²) in [5.41, 5.74) is 0. The van der Waals surface area contributed by atoms with Crippen LogP contribution in [0, 0.1) is 5.92 Å². The summed E-state index contributed by atoms with van der Waals surface area (Å²) in [5.74, 6) is 1.48. The highest BCUT2D eigenvalue weighted by Gasteiger charge is 2.18. The van der Waals surface area contributed by atoms with Crippen LogP contribution in [-0.2, 0) is 4.79 Å². The standard InChI is InChI=1S/C17H33N5O/c1-3-18-17(20-13-16(23)22-10-6-7-11-22)19-12-15(2)14-21-8-4-5-9-21/h15H,3-14H2,1-2H3,(H2,18,19,20). The van der Waals surface area contributed by atoms with Crippen molar-refractivity contribution >= 4 is 11.9 Å². The molecule has 2 aliphatic rings. The highest BCUT2D eigenvalue weighted by atomic mass is 16.2. The second-order valence-corrected chi connectivity index (χ2v) is 6.78. The Hall–Kier alpha value is -1.30. The van der Waals surface area contributed by atoms with Crippen molar-refractivity contribution in [3.63, 3.8) is 0 Å². The minimum absolute atomic E-state index is 0.143. The third-order valence-corrected chi connectivity index (χ3v) is 4.56. The van der Waals surface area contributed by atoms with E-state index in [-0.39, 0.29) is 12.5 Å². The molecule has 132 valence electrons. The van der Waals surface area contributed by atoms with Crippen LogP contribution in [-0.4, -0.2) is 74.0 Å². The number of hydrogen-bond acceptors (Lipinski definition) is 3. The lowest BCUT2D eigenvalue weighted by molar-refractivity contribution is -0.128. The predicted molar refractivity (Wildman–Crippen MR) is 94.6 cm³/mol. The number of nitrogens with zero attached hydrogens (tertiary/aromatic N) is 3. The molecular formula is C17H33N5O. The van der Waals surface area contributed by atoms with Crippen molar-refractivity contribution in [2.75, 3.05) is 52.4 Å². The number of carbonyl (C=O) groups excluding carboxylic acids is 1. The summed E-state index contributed by atoms with van der Waals surface area (Å²) in [6, 6.07) is 0. The first kappa shape index (κ1) is 18.0. The van der Waals surface area contributed by atoms with E-state index in [9.17, 15) is 4.79 Å². The molecule has 0 radical (unpaired) electrons. The summed E-state index contributed by atoms with van der Waals surface area (Å²) >= 11 is 0. The van der Waals surface area contributed by atoms with Crippen molar-refractivity contribution in [1.29, 1.82) is 0 Å². The third-order valence-electron chi connectivity index (χ3n) is 4.56. The molecule has 0 aromatic rings. The fraction of sp³-hybridized carbons (Fsp3) is 0.882. The van der Waals surface area contributed by atoms with Gasteiger partial charge in [0.15, 0.2) is 5.96 Å². The summed E-state index contributed by atoms with van der Waals surface area (Å²) in [6.45, 7) is 11.7. The minimum atomic E-state index is 0.143. The number of likely N-dealkylation sites (tertiary alicyclic amines) is 2. The zero-order valence-electron chi connectivity index (χ0n) is 14.8. The SMILES string of the molecule is CCNC(=NCC(=O)N1CCCC1)NCC(C)CN1CCCC1. The number of rotatable bonds is 7. The summed E-state index contributed by atoms with van der Waals surface area (Å²) in [6.07, 6.45) is 4.93. The van der Waals surface area contributed by atoms with Crippen molar-refractivity contribution in [2.45, 2.75) is 39.5 Å². The van der Waals surface area contributed by atoms with Crippen molar-refractivity contribution in [2.24, 2.45) is 10.9 Å². The van der Waals surface area contributed by atoms with Crippen LogP contribution in [0.4, 0.5) is 0 Å². The molecule has 2 rings (SSSR count). The van der Waals surface area contributed by atoms with Crippen molar-refractivity contribution < 1.29 is 4.79 Å². The molecule has 1 amide bonds. The van der Waals surface area contributed by atoms with E-state index in [2.05, 4.69) is 27.4 Å². The first-order chi connectivity index (χ1) is 11.2. The largest absolute Gasteiger partial charge is 0.357 e. The van der Waals surface area contributed by atoms with Crippen molar-refractivity contribution in [1.82, 2.24) is 20.4 Å². The van der Waals surface area contributed by atoms with E-state index in [0.717, 1.165) is 51.5 Å². The molecule has 1 atom stereocenters. The lowest BCUT2D eigenvalue weighted by Crippen LogP contribution is -2.42. The van der Waals surface area contributed by atoms with E-state index in [1.807, 2.05) is 11.8 Å². The van der Waals surface area contributed by atoms with Crippen LogP contribution in [0.15, 0.2) is 4.99 Å². The van der Waals surface area contributed by atoms with Crippen LogP contribution in [0.25, 0.3) is 0 Å². The summed E-state index contributed by atoms with van der Waals surface area (Å²) in [4.78, 5) is 21.0. The molecule has 2 fully saturated rings. The van der Waals surface area contributed by atoms with E-state index in [4.69, 9.17) is 0 Å². The Bertz CT molecular complexity index is 386. The summed E-state index contributed by atoms with van der Waals surface area (Å²) < 4.78 is 0. The van der Waals surface area contributed by atoms with E-state index >= 15 is 0 Å². The number of nitrogens with one attached hydrogen (secondary N) is 2. The summed E-state index contributed by atoms with van der Waals surface area (Å²) in [5, 5.41) is 6.61. The smallest absolute Gasteiger partial charge is 0.244 e. The average Bonchev–Trinajstić information content (AvgIpc) is 3.23. The molecule has 6 nitrogen and oxygen atoms in total. The lowest BCUT2D eigenvalue weighted by atomic mass is 10.1. The van der Waals surface area contributed by atoms with Gasteiger partial charge in [-0.3, -0.25) is 4.79 Å². The molecule has 23 heavy (non-hydrogen) atoms. The molecule has 0 aromatic heterocycles. The van der Waals surface area contributed by atoms with Crippen molar-refractivity contribution in [3.8, 4) is 0 Å². The first-order valence-electron chi connectivity index (χ1n) is 9.21. The fourth-order valence-electron chi connectivity index (χ4n) is 3.30. The maximum Gasteiger partial charge on any atom is 0.244 e. The fourth-order valence-corrected chi connectivity index (χ4v) is 3.30. The van der Waals surface area contributed by atoms with Crippen LogP contribution < -0.4 is 10.6 Å². The van der Waals surface area contributed by atoms with E-state index in [0.29, 0.717) is 5.92 Å². The molecule has 0 bridgehead atoms. The molecule has 2 saturated heterocycles. The Kier molecular flexibility index (Phi) is 7.65. The first-order valence-corrected chi connectivity index (χ1v) is 9.21. The zero-order chi connectivity index (χ0) is 16.5. The Morgan fingerprint density at radius 1 is 1.09 bits per heavy atom. The van der Waals surface area contributed by atoms with E-state index < -0.39 is 0 Å². The number of guanidine groups is 1. The van der Waals surface area contributed by atoms with Crippen LogP contribution in [0.2, 0.25) is 0 Å². The molecule has 2 aliphatic heterocycles. The van der Waals surface area contributed by atoms with E-state index in [1.165, 1.54) is 25.9 Å². The minimum Gasteiger partial charge on any atom is -0.357 e. The monoisotopic (exact) mass is 323 g/mol. The van der Waals surface area contributed by atoms with Crippen LogP contribution in [0.1, 0.15) is 39.5 Å². The Morgan fingerprint density at radius 2 is 1.74 bits per heavy atom. The van der Waals surface area contributed by atoms with Gasteiger partial charge in [-0.15, -0.1) is 0 Å². The number of hydrogen-bond donors (Lipinski definition) is 2. The van der Waals surface area contributed by atoms with Gasteiger partial charge in [0.05, 0.1) is 0 Å². The Labute approximate surface area is 140 Å². The zero-order valence-corrected chi connectivity index (χ0v) is 14.8. The molecule has 6 heteroatoms. The number of amides is 1. The molecule has 2 N–H and O–H groups in total. The highest BCUT2D eigenvalue weighted by Crippen LogP contribution is 2.10. The van der Waals surface area contributed by atoms with Gasteiger partial charge in [0.2, 0.25) is 5.91 Å². The molecule has 0 aromatic carbocycles. The van der Waals surface area contributed by atoms with Gasteiger partial charge in [-0.05, 0) is 51.6 Å². The number of aliphatic imine (C=N–C) groups is 1. The van der Waals surface area contributed by atoms with Gasteiger partial charge in [0, 0.05) is 32.7 Å². The van der Waals surface area contributed by atoms with Gasteiger partial charge in [0.25, 0.3) is 0 Å². The molecule has 1 unspecified atom stereocenters. The quantitative estimate of drug-likeness (QED) is 0.540. The van der Waals surface area contributed by atoms with E-state index in [1.54, 1.807) is 0 Å². The molecule has 0 saturated carbocycles. The van der Waals surface area contributed by atoms with Gasteiger partial charge in [-0.1, -0.05) is 6.92 Å². The van der Waals surface area contributed by atoms with Crippen LogP contribution >= 0.6 is 0 Å². The van der Waals surface area contributed by atoms with Gasteiger partial charge in [0.1, 0.15) is 6.54 Å². The maximum absolute atomic E-state index is 12.1. The van der Waals surface area contributed by atoms with Crippen LogP contribution in [0.5, 0.6) is 0 Å². The van der Waals surface area contributed by atoms with Gasteiger partial charge in [-0.25, -0.2) is 4.99 Å². The second-order valence-electron chi connectivity index (χ2n) is 6.78. The Balaban J connectivity index is 1.72.